The predicted molar refractivity (Wildman–Crippen MR) is 133 cm³/mol. The number of anilines is 1. The van der Waals surface area contributed by atoms with Gasteiger partial charge in [0.05, 0.1) is 0 Å². The smallest absolute Gasteiger partial charge is 0.226 e. The fraction of sp³-hybridized carbons (Fsp3) is 0.345. The van der Waals surface area contributed by atoms with Gasteiger partial charge in [0, 0.05) is 37.2 Å². The van der Waals surface area contributed by atoms with Crippen LogP contribution in [0.25, 0.3) is 0 Å². The Bertz CT molecular complexity index is 911. The molecule has 0 unspecified atom stereocenters. The minimum Gasteiger partial charge on any atom is -0.309 e. The van der Waals surface area contributed by atoms with Crippen LogP contribution in [0, 0.1) is 0 Å². The van der Waals surface area contributed by atoms with Crippen molar-refractivity contribution in [2.45, 2.75) is 44.6 Å². The number of hydrogen-bond acceptors (Lipinski definition) is 2. The molecule has 3 aromatic rings. The van der Waals surface area contributed by atoms with Gasteiger partial charge in [0.2, 0.25) is 5.91 Å². The molecule has 0 aromatic heterocycles. The Labute approximate surface area is 192 Å². The van der Waals surface area contributed by atoms with E-state index >= 15 is 0 Å². The molecular formula is C29H34N2O. The van der Waals surface area contributed by atoms with Crippen LogP contribution in [-0.2, 0) is 4.79 Å². The highest BCUT2D eigenvalue weighted by atomic mass is 16.2. The molecular weight excluding hydrogens is 392 g/mol. The molecule has 3 aromatic carbocycles. The lowest BCUT2D eigenvalue weighted by Gasteiger charge is -2.39. The number of carbonyl (C=O) groups excluding carboxylic acids is 1. The van der Waals surface area contributed by atoms with Crippen molar-refractivity contribution in [3.8, 4) is 0 Å². The van der Waals surface area contributed by atoms with Crippen LogP contribution in [0.15, 0.2) is 91.0 Å². The molecule has 32 heavy (non-hydrogen) atoms. The van der Waals surface area contributed by atoms with Crippen LogP contribution in [0.5, 0.6) is 0 Å². The molecule has 1 aliphatic rings. The van der Waals surface area contributed by atoms with Crippen molar-refractivity contribution < 1.29 is 4.79 Å². The van der Waals surface area contributed by atoms with E-state index in [4.69, 9.17) is 0 Å². The fourth-order valence-electron chi connectivity index (χ4n) is 4.93. The first-order valence-electron chi connectivity index (χ1n) is 12.0. The van der Waals surface area contributed by atoms with Crippen molar-refractivity contribution in [3.05, 3.63) is 102 Å². The third-order valence-electron chi connectivity index (χ3n) is 6.67. The summed E-state index contributed by atoms with van der Waals surface area (Å²) in [6.45, 7) is 5.12. The van der Waals surface area contributed by atoms with Crippen molar-refractivity contribution in [1.82, 2.24) is 4.90 Å². The lowest BCUT2D eigenvalue weighted by Crippen LogP contribution is -2.47. The van der Waals surface area contributed by atoms with Gasteiger partial charge >= 0.3 is 0 Å². The SMILES string of the molecule is CCC(=O)N(c1ccccc1)C1CCN(CCC(c2ccccc2)c2ccccc2)CC1. The summed E-state index contributed by atoms with van der Waals surface area (Å²) in [5.74, 6) is 0.639. The van der Waals surface area contributed by atoms with Gasteiger partial charge in [0.1, 0.15) is 0 Å². The molecule has 3 heteroatoms. The van der Waals surface area contributed by atoms with Crippen LogP contribution in [0.3, 0.4) is 0 Å². The van der Waals surface area contributed by atoms with Gasteiger partial charge in [-0.3, -0.25) is 4.79 Å². The second-order valence-electron chi connectivity index (χ2n) is 8.69. The molecule has 166 valence electrons. The number of piperidine rings is 1. The van der Waals surface area contributed by atoms with Crippen LogP contribution < -0.4 is 4.90 Å². The van der Waals surface area contributed by atoms with E-state index in [0.29, 0.717) is 18.4 Å². The summed E-state index contributed by atoms with van der Waals surface area (Å²) >= 11 is 0. The minimum absolute atomic E-state index is 0.225. The van der Waals surface area contributed by atoms with Gasteiger partial charge in [-0.05, 0) is 49.1 Å². The number of carbonyl (C=O) groups is 1. The van der Waals surface area contributed by atoms with E-state index in [1.165, 1.54) is 11.1 Å². The zero-order valence-corrected chi connectivity index (χ0v) is 19.1. The molecule has 1 fully saturated rings. The largest absolute Gasteiger partial charge is 0.309 e. The highest BCUT2D eigenvalue weighted by Gasteiger charge is 2.28. The number of rotatable bonds is 8. The number of para-hydroxylation sites is 1. The molecule has 0 aliphatic carbocycles. The van der Waals surface area contributed by atoms with E-state index < -0.39 is 0 Å². The molecule has 3 nitrogen and oxygen atoms in total. The molecule has 0 bridgehead atoms. The zero-order chi connectivity index (χ0) is 22.2. The summed E-state index contributed by atoms with van der Waals surface area (Å²) in [6, 6.07) is 32.2. The molecule has 4 rings (SSSR count). The molecule has 0 N–H and O–H groups in total. The van der Waals surface area contributed by atoms with E-state index in [2.05, 4.69) is 77.7 Å². The van der Waals surface area contributed by atoms with Crippen LogP contribution in [-0.4, -0.2) is 36.5 Å². The first-order valence-corrected chi connectivity index (χ1v) is 12.0. The highest BCUT2D eigenvalue weighted by molar-refractivity contribution is 5.93. The summed E-state index contributed by atoms with van der Waals surface area (Å²) in [7, 11) is 0. The Hall–Kier alpha value is -2.91. The first kappa shape index (κ1) is 22.3. The minimum atomic E-state index is 0.225. The normalized spacial score (nSPS) is 15.1. The van der Waals surface area contributed by atoms with Gasteiger partial charge in [0.25, 0.3) is 0 Å². The topological polar surface area (TPSA) is 23.6 Å². The van der Waals surface area contributed by atoms with Crippen molar-refractivity contribution in [1.29, 1.82) is 0 Å². The van der Waals surface area contributed by atoms with Gasteiger partial charge < -0.3 is 9.80 Å². The van der Waals surface area contributed by atoms with E-state index in [-0.39, 0.29) is 5.91 Å². The number of benzene rings is 3. The Morgan fingerprint density at radius 3 is 1.84 bits per heavy atom. The third-order valence-corrected chi connectivity index (χ3v) is 6.67. The van der Waals surface area contributed by atoms with E-state index in [9.17, 15) is 4.79 Å². The molecule has 1 saturated heterocycles. The first-order chi connectivity index (χ1) is 15.8. The Balaban J connectivity index is 1.39. The van der Waals surface area contributed by atoms with Gasteiger partial charge in [-0.25, -0.2) is 0 Å². The van der Waals surface area contributed by atoms with Crippen LogP contribution >= 0.6 is 0 Å². The molecule has 0 radical (unpaired) electrons. The van der Waals surface area contributed by atoms with Crippen LogP contribution in [0.2, 0.25) is 0 Å². The molecule has 0 atom stereocenters. The van der Waals surface area contributed by atoms with Crippen molar-refractivity contribution in [3.63, 3.8) is 0 Å². The van der Waals surface area contributed by atoms with Crippen molar-refractivity contribution >= 4 is 11.6 Å². The van der Waals surface area contributed by atoms with Gasteiger partial charge in [-0.15, -0.1) is 0 Å². The van der Waals surface area contributed by atoms with E-state index in [1.807, 2.05) is 30.0 Å². The van der Waals surface area contributed by atoms with Gasteiger partial charge in [-0.2, -0.15) is 0 Å². The van der Waals surface area contributed by atoms with Crippen LogP contribution in [0.4, 0.5) is 5.69 Å². The van der Waals surface area contributed by atoms with E-state index in [1.54, 1.807) is 0 Å². The standard InChI is InChI=1S/C29H34N2O/c1-2-29(32)31(26-16-10-5-11-17-26)27-18-21-30(22-19-27)23-20-28(24-12-6-3-7-13-24)25-14-8-4-9-15-25/h3-17,27-28H,2,18-23H2,1H3. The maximum absolute atomic E-state index is 12.7. The average molecular weight is 427 g/mol. The van der Waals surface area contributed by atoms with Crippen LogP contribution in [0.1, 0.15) is 49.7 Å². The Morgan fingerprint density at radius 2 is 1.34 bits per heavy atom. The van der Waals surface area contributed by atoms with Gasteiger partial charge in [-0.1, -0.05) is 85.8 Å². The molecule has 1 aliphatic heterocycles. The number of hydrogen-bond donors (Lipinski definition) is 0. The molecule has 1 amide bonds. The van der Waals surface area contributed by atoms with Crippen molar-refractivity contribution in [2.24, 2.45) is 0 Å². The second kappa shape index (κ2) is 11.1. The highest BCUT2D eigenvalue weighted by Crippen LogP contribution is 2.29. The summed E-state index contributed by atoms with van der Waals surface area (Å²) in [6.07, 6.45) is 3.71. The molecule has 1 heterocycles. The number of nitrogens with zero attached hydrogens (tertiary/aromatic N) is 2. The van der Waals surface area contributed by atoms with E-state index in [0.717, 1.165) is 44.6 Å². The number of likely N-dealkylation sites (tertiary alicyclic amines) is 1. The maximum Gasteiger partial charge on any atom is 0.226 e. The predicted octanol–water partition coefficient (Wildman–Crippen LogP) is 6.12. The zero-order valence-electron chi connectivity index (χ0n) is 19.1. The maximum atomic E-state index is 12.7. The quantitative estimate of drug-likeness (QED) is 0.433. The summed E-state index contributed by atoms with van der Waals surface area (Å²) in [4.78, 5) is 17.4. The monoisotopic (exact) mass is 426 g/mol. The summed E-state index contributed by atoms with van der Waals surface area (Å²) in [5.41, 5.74) is 3.81. The second-order valence-corrected chi connectivity index (χ2v) is 8.69. The van der Waals surface area contributed by atoms with Gasteiger partial charge in [0.15, 0.2) is 0 Å². The molecule has 0 spiro atoms. The Morgan fingerprint density at radius 1 is 0.844 bits per heavy atom. The van der Waals surface area contributed by atoms with Crippen molar-refractivity contribution in [2.75, 3.05) is 24.5 Å². The fourth-order valence-corrected chi connectivity index (χ4v) is 4.93. The lowest BCUT2D eigenvalue weighted by molar-refractivity contribution is -0.119. The summed E-state index contributed by atoms with van der Waals surface area (Å²) in [5, 5.41) is 0. The number of amides is 1. The molecule has 0 saturated carbocycles. The Kier molecular flexibility index (Phi) is 7.73. The average Bonchev–Trinajstić information content (AvgIpc) is 2.87. The third kappa shape index (κ3) is 5.46. The summed E-state index contributed by atoms with van der Waals surface area (Å²) < 4.78 is 0. The lowest BCUT2D eigenvalue weighted by atomic mass is 9.88.